The van der Waals surface area contributed by atoms with E-state index in [0.717, 1.165) is 37.4 Å². The Morgan fingerprint density at radius 2 is 2.20 bits per heavy atom. The highest BCUT2D eigenvalue weighted by Gasteiger charge is 2.22. The molecule has 1 aliphatic heterocycles. The molecule has 2 rings (SSSR count). The van der Waals surface area contributed by atoms with Gasteiger partial charge < -0.3 is 10.2 Å². The molecule has 0 saturated carbocycles. The Morgan fingerprint density at radius 1 is 1.45 bits per heavy atom. The number of rotatable bonds is 4. The van der Waals surface area contributed by atoms with Crippen LogP contribution in [-0.4, -0.2) is 54.5 Å². The van der Waals surface area contributed by atoms with Crippen LogP contribution in [0, 0.1) is 10.1 Å². The molecule has 6 nitrogen and oxygen atoms in total. The number of hydrogen-bond donors (Lipinski definition) is 1. The minimum absolute atomic E-state index is 0.154. The van der Waals surface area contributed by atoms with Gasteiger partial charge in [0.2, 0.25) is 0 Å². The van der Waals surface area contributed by atoms with Crippen LogP contribution in [0.25, 0.3) is 0 Å². The van der Waals surface area contributed by atoms with Crippen molar-refractivity contribution >= 4 is 11.4 Å². The van der Waals surface area contributed by atoms with Crippen LogP contribution in [0.1, 0.15) is 12.5 Å². The first-order valence-corrected chi connectivity index (χ1v) is 6.89. The fraction of sp³-hybridized carbons (Fsp3) is 0.571. The Morgan fingerprint density at radius 3 is 2.80 bits per heavy atom. The number of piperazine rings is 1. The molecule has 1 saturated heterocycles. The quantitative estimate of drug-likeness (QED) is 0.672. The molecule has 0 spiro atoms. The van der Waals surface area contributed by atoms with E-state index >= 15 is 0 Å². The highest BCUT2D eigenvalue weighted by atomic mass is 16.6. The van der Waals surface area contributed by atoms with Crippen molar-refractivity contribution < 1.29 is 4.92 Å². The molecule has 0 amide bonds. The number of nitro groups is 1. The summed E-state index contributed by atoms with van der Waals surface area (Å²) in [6.07, 6.45) is 0. The number of non-ortho nitro benzene ring substituents is 1. The molecule has 1 atom stereocenters. The molecule has 1 heterocycles. The van der Waals surface area contributed by atoms with Gasteiger partial charge in [-0.25, -0.2) is 0 Å². The maximum absolute atomic E-state index is 10.9. The molecule has 0 aromatic heterocycles. The lowest BCUT2D eigenvalue weighted by molar-refractivity contribution is -0.384. The standard InChI is InChI=1S/C14H22N4O2/c1-11-9-17(7-6-16(11)3)10-12-8-13(18(19)20)4-5-14(12)15-2/h4-5,8,11,15H,6-7,9-10H2,1-3H3. The third kappa shape index (κ3) is 3.26. The van der Waals surface area contributed by atoms with Gasteiger partial charge in [-0.05, 0) is 25.6 Å². The Bertz CT molecular complexity index is 492. The number of nitrogens with zero attached hydrogens (tertiary/aromatic N) is 3. The number of benzene rings is 1. The molecule has 0 radical (unpaired) electrons. The molecule has 1 unspecified atom stereocenters. The monoisotopic (exact) mass is 278 g/mol. The van der Waals surface area contributed by atoms with Crippen molar-refractivity contribution in [3.63, 3.8) is 0 Å². The van der Waals surface area contributed by atoms with Crippen LogP contribution in [-0.2, 0) is 6.54 Å². The van der Waals surface area contributed by atoms with E-state index in [1.807, 2.05) is 7.05 Å². The maximum atomic E-state index is 10.9. The third-order valence-corrected chi connectivity index (χ3v) is 4.01. The van der Waals surface area contributed by atoms with Gasteiger partial charge in [0, 0.05) is 57.1 Å². The van der Waals surface area contributed by atoms with E-state index in [0.29, 0.717) is 6.04 Å². The lowest BCUT2D eigenvalue weighted by Crippen LogP contribution is -2.49. The smallest absolute Gasteiger partial charge is 0.269 e. The first-order valence-electron chi connectivity index (χ1n) is 6.89. The van der Waals surface area contributed by atoms with E-state index in [9.17, 15) is 10.1 Å². The molecule has 1 aromatic carbocycles. The normalized spacial score (nSPS) is 20.9. The summed E-state index contributed by atoms with van der Waals surface area (Å²) < 4.78 is 0. The fourth-order valence-electron chi connectivity index (χ4n) is 2.58. The van der Waals surface area contributed by atoms with Crippen LogP contribution in [0.15, 0.2) is 18.2 Å². The summed E-state index contributed by atoms with van der Waals surface area (Å²) in [5, 5.41) is 14.0. The van der Waals surface area contributed by atoms with Gasteiger partial charge in [0.05, 0.1) is 4.92 Å². The highest BCUT2D eigenvalue weighted by Crippen LogP contribution is 2.24. The minimum Gasteiger partial charge on any atom is -0.388 e. The van der Waals surface area contributed by atoms with Gasteiger partial charge in [-0.2, -0.15) is 0 Å². The van der Waals surface area contributed by atoms with Crippen molar-refractivity contribution in [2.24, 2.45) is 0 Å². The Balaban J connectivity index is 2.15. The van der Waals surface area contributed by atoms with Crippen molar-refractivity contribution in [2.75, 3.05) is 39.0 Å². The molecular weight excluding hydrogens is 256 g/mol. The van der Waals surface area contributed by atoms with Crippen LogP contribution in [0.5, 0.6) is 0 Å². The van der Waals surface area contributed by atoms with Gasteiger partial charge in [0.15, 0.2) is 0 Å². The van der Waals surface area contributed by atoms with Crippen LogP contribution >= 0.6 is 0 Å². The van der Waals surface area contributed by atoms with E-state index in [1.54, 1.807) is 18.2 Å². The van der Waals surface area contributed by atoms with Crippen molar-refractivity contribution in [2.45, 2.75) is 19.5 Å². The van der Waals surface area contributed by atoms with Crippen molar-refractivity contribution in [1.29, 1.82) is 0 Å². The second-order valence-electron chi connectivity index (χ2n) is 5.41. The summed E-state index contributed by atoms with van der Waals surface area (Å²) in [4.78, 5) is 15.3. The molecule has 1 aliphatic rings. The predicted octanol–water partition coefficient (Wildman–Crippen LogP) is 1.77. The van der Waals surface area contributed by atoms with Gasteiger partial charge in [-0.15, -0.1) is 0 Å². The molecule has 1 aromatic rings. The Kier molecular flexibility index (Phi) is 4.57. The third-order valence-electron chi connectivity index (χ3n) is 4.01. The Hall–Kier alpha value is -1.66. The lowest BCUT2D eigenvalue weighted by atomic mass is 10.1. The first kappa shape index (κ1) is 14.7. The lowest BCUT2D eigenvalue weighted by Gasteiger charge is -2.37. The summed E-state index contributed by atoms with van der Waals surface area (Å²) in [5.74, 6) is 0. The van der Waals surface area contributed by atoms with E-state index in [4.69, 9.17) is 0 Å². The van der Waals surface area contributed by atoms with Gasteiger partial charge in [0.1, 0.15) is 0 Å². The largest absolute Gasteiger partial charge is 0.388 e. The Labute approximate surface area is 119 Å². The predicted molar refractivity (Wildman–Crippen MR) is 80.0 cm³/mol. The van der Waals surface area contributed by atoms with Crippen LogP contribution < -0.4 is 5.32 Å². The SMILES string of the molecule is CNc1ccc([N+](=O)[O-])cc1CN1CCN(C)C(C)C1. The topological polar surface area (TPSA) is 61.7 Å². The van der Waals surface area contributed by atoms with Gasteiger partial charge in [0.25, 0.3) is 5.69 Å². The van der Waals surface area contributed by atoms with Crippen LogP contribution in [0.3, 0.4) is 0 Å². The first-order chi connectivity index (χ1) is 9.51. The van der Waals surface area contributed by atoms with Crippen LogP contribution in [0.2, 0.25) is 0 Å². The highest BCUT2D eigenvalue weighted by molar-refractivity contribution is 5.55. The number of nitro benzene ring substituents is 1. The zero-order valence-electron chi connectivity index (χ0n) is 12.3. The number of nitrogens with one attached hydrogen (secondary N) is 1. The number of anilines is 1. The van der Waals surface area contributed by atoms with Gasteiger partial charge in [-0.3, -0.25) is 15.0 Å². The molecule has 6 heteroatoms. The van der Waals surface area contributed by atoms with Crippen molar-refractivity contribution in [3.8, 4) is 0 Å². The van der Waals surface area contributed by atoms with E-state index in [2.05, 4.69) is 29.1 Å². The summed E-state index contributed by atoms with van der Waals surface area (Å²) >= 11 is 0. The molecule has 1 fully saturated rings. The van der Waals surface area contributed by atoms with Gasteiger partial charge in [-0.1, -0.05) is 0 Å². The second-order valence-corrected chi connectivity index (χ2v) is 5.41. The second kappa shape index (κ2) is 6.19. The van der Waals surface area contributed by atoms with Crippen LogP contribution in [0.4, 0.5) is 11.4 Å². The number of likely N-dealkylation sites (N-methyl/N-ethyl adjacent to an activating group) is 1. The summed E-state index contributed by atoms with van der Waals surface area (Å²) in [6, 6.07) is 5.52. The van der Waals surface area contributed by atoms with Crippen molar-refractivity contribution in [1.82, 2.24) is 9.80 Å². The summed E-state index contributed by atoms with van der Waals surface area (Å²) in [7, 11) is 3.98. The van der Waals surface area contributed by atoms with E-state index in [-0.39, 0.29) is 10.6 Å². The molecule has 0 bridgehead atoms. The minimum atomic E-state index is -0.338. The molecule has 1 N–H and O–H groups in total. The van der Waals surface area contributed by atoms with E-state index in [1.165, 1.54) is 0 Å². The number of hydrogen-bond acceptors (Lipinski definition) is 5. The maximum Gasteiger partial charge on any atom is 0.269 e. The molecule has 110 valence electrons. The van der Waals surface area contributed by atoms with Gasteiger partial charge >= 0.3 is 0 Å². The average Bonchev–Trinajstić information content (AvgIpc) is 2.42. The molecule has 20 heavy (non-hydrogen) atoms. The average molecular weight is 278 g/mol. The van der Waals surface area contributed by atoms with E-state index < -0.39 is 0 Å². The zero-order valence-corrected chi connectivity index (χ0v) is 12.3. The summed E-state index contributed by atoms with van der Waals surface area (Å²) in [5.41, 5.74) is 2.10. The zero-order chi connectivity index (χ0) is 14.7. The summed E-state index contributed by atoms with van der Waals surface area (Å²) in [6.45, 7) is 5.97. The van der Waals surface area contributed by atoms with Crippen molar-refractivity contribution in [3.05, 3.63) is 33.9 Å². The molecular formula is C14H22N4O2. The fourth-order valence-corrected chi connectivity index (χ4v) is 2.58. The molecule has 0 aliphatic carbocycles.